The number of carbonyl (C=O) groups is 1. The molecule has 1 aromatic carbocycles. The number of pyridine rings is 1. The molecular weight excluding hydrogens is 290 g/mol. The second kappa shape index (κ2) is 5.78. The summed E-state index contributed by atoms with van der Waals surface area (Å²) in [4.78, 5) is 23.6. The van der Waals surface area contributed by atoms with Gasteiger partial charge in [-0.1, -0.05) is 0 Å². The molecular formula is C15H15NO6. The molecule has 0 saturated carbocycles. The maximum absolute atomic E-state index is 12.3. The molecule has 7 nitrogen and oxygen atoms in total. The molecule has 2 aromatic rings. The van der Waals surface area contributed by atoms with Crippen molar-refractivity contribution in [3.05, 3.63) is 40.2 Å². The molecule has 0 unspecified atom stereocenters. The summed E-state index contributed by atoms with van der Waals surface area (Å²) in [6.07, 6.45) is -0.511. The van der Waals surface area contributed by atoms with Gasteiger partial charge in [0, 0.05) is 17.5 Å². The van der Waals surface area contributed by atoms with E-state index in [-0.39, 0.29) is 12.1 Å². The van der Waals surface area contributed by atoms with Crippen LogP contribution in [0.5, 0.6) is 5.75 Å². The lowest BCUT2D eigenvalue weighted by Gasteiger charge is -2.16. The molecule has 0 aliphatic carbocycles. The Kier molecular flexibility index (Phi) is 3.82. The number of aromatic carboxylic acids is 1. The molecule has 7 heteroatoms. The van der Waals surface area contributed by atoms with Crippen molar-refractivity contribution in [3.8, 4) is 5.75 Å². The van der Waals surface area contributed by atoms with E-state index >= 15 is 0 Å². The Bertz CT molecular complexity index is 775. The van der Waals surface area contributed by atoms with Crippen molar-refractivity contribution >= 4 is 16.9 Å². The molecule has 3 rings (SSSR count). The minimum atomic E-state index is -1.15. The first-order valence-electron chi connectivity index (χ1n) is 6.78. The van der Waals surface area contributed by atoms with Crippen LogP contribution in [0, 0.1) is 0 Å². The Hall–Kier alpha value is -2.38. The van der Waals surface area contributed by atoms with Crippen molar-refractivity contribution in [1.29, 1.82) is 0 Å². The molecule has 0 amide bonds. The quantitative estimate of drug-likeness (QED) is 0.909. The first-order chi connectivity index (χ1) is 10.6. The van der Waals surface area contributed by atoms with Crippen LogP contribution in [0.2, 0.25) is 0 Å². The minimum absolute atomic E-state index is 0.0350. The van der Waals surface area contributed by atoms with Crippen LogP contribution in [0.4, 0.5) is 0 Å². The van der Waals surface area contributed by atoms with Gasteiger partial charge in [-0.05, 0) is 12.1 Å². The molecule has 0 bridgehead atoms. The standard InChI is InChI=1S/C15H15NO6/c1-20-9-2-3-10-11(15(18)19)7-13(17)16(12(10)6-9)8-14-21-4-5-22-14/h2-3,6-7,14H,4-5,8H2,1H3,(H,18,19). The molecule has 0 radical (unpaired) electrons. The number of rotatable bonds is 4. The highest BCUT2D eigenvalue weighted by Gasteiger charge is 2.20. The topological polar surface area (TPSA) is 87.0 Å². The summed E-state index contributed by atoms with van der Waals surface area (Å²) in [5.74, 6) is -0.607. The van der Waals surface area contributed by atoms with Gasteiger partial charge in [-0.15, -0.1) is 0 Å². The highest BCUT2D eigenvalue weighted by Crippen LogP contribution is 2.23. The van der Waals surface area contributed by atoms with Gasteiger partial charge in [0.05, 0.1) is 37.9 Å². The Labute approximate surface area is 125 Å². The Morgan fingerprint density at radius 3 is 2.73 bits per heavy atom. The van der Waals surface area contributed by atoms with Gasteiger partial charge in [-0.25, -0.2) is 4.79 Å². The minimum Gasteiger partial charge on any atom is -0.497 e. The molecule has 0 atom stereocenters. The van der Waals surface area contributed by atoms with Crippen molar-refractivity contribution in [2.75, 3.05) is 20.3 Å². The summed E-state index contributed by atoms with van der Waals surface area (Å²) in [5.41, 5.74) is 0.0211. The number of hydrogen-bond acceptors (Lipinski definition) is 5. The van der Waals surface area contributed by atoms with Crippen molar-refractivity contribution in [1.82, 2.24) is 4.57 Å². The van der Waals surface area contributed by atoms with Gasteiger partial charge >= 0.3 is 5.97 Å². The first-order valence-corrected chi connectivity index (χ1v) is 6.78. The number of fused-ring (bicyclic) bond motifs is 1. The predicted molar refractivity (Wildman–Crippen MR) is 77.4 cm³/mol. The molecule has 1 aliphatic heterocycles. The van der Waals surface area contributed by atoms with Crippen LogP contribution in [0.25, 0.3) is 10.9 Å². The third-order valence-corrected chi connectivity index (χ3v) is 3.57. The lowest BCUT2D eigenvalue weighted by atomic mass is 10.1. The van der Waals surface area contributed by atoms with Crippen LogP contribution in [0.1, 0.15) is 10.4 Å². The van der Waals surface area contributed by atoms with Crippen molar-refractivity contribution in [2.24, 2.45) is 0 Å². The number of nitrogens with zero attached hydrogens (tertiary/aromatic N) is 1. The van der Waals surface area contributed by atoms with Crippen molar-refractivity contribution in [3.63, 3.8) is 0 Å². The lowest BCUT2D eigenvalue weighted by Crippen LogP contribution is -2.28. The zero-order chi connectivity index (χ0) is 15.7. The Morgan fingerprint density at radius 1 is 1.36 bits per heavy atom. The molecule has 1 N–H and O–H groups in total. The van der Waals surface area contributed by atoms with Crippen LogP contribution >= 0.6 is 0 Å². The largest absolute Gasteiger partial charge is 0.497 e. The summed E-state index contributed by atoms with van der Waals surface area (Å²) in [6, 6.07) is 6.04. The third-order valence-electron chi connectivity index (χ3n) is 3.57. The van der Waals surface area contributed by atoms with Crippen LogP contribution in [0.3, 0.4) is 0 Å². The van der Waals surface area contributed by atoms with Crippen molar-refractivity contribution < 1.29 is 24.1 Å². The van der Waals surface area contributed by atoms with E-state index in [9.17, 15) is 14.7 Å². The van der Waals surface area contributed by atoms with E-state index in [1.54, 1.807) is 18.2 Å². The van der Waals surface area contributed by atoms with Crippen LogP contribution in [-0.4, -0.2) is 42.3 Å². The molecule has 2 heterocycles. The molecule has 1 aromatic heterocycles. The Balaban J connectivity index is 2.20. The van der Waals surface area contributed by atoms with E-state index in [4.69, 9.17) is 14.2 Å². The normalized spacial score (nSPS) is 15.3. The van der Waals surface area contributed by atoms with E-state index < -0.39 is 17.8 Å². The second-order valence-electron chi connectivity index (χ2n) is 4.87. The summed E-state index contributed by atoms with van der Waals surface area (Å²) in [5, 5.41) is 9.74. The smallest absolute Gasteiger partial charge is 0.336 e. The molecule has 0 spiro atoms. The maximum atomic E-state index is 12.3. The van der Waals surface area contributed by atoms with Crippen molar-refractivity contribution in [2.45, 2.75) is 12.8 Å². The monoisotopic (exact) mass is 305 g/mol. The highest BCUT2D eigenvalue weighted by atomic mass is 16.7. The van der Waals surface area contributed by atoms with E-state index in [1.165, 1.54) is 11.7 Å². The molecule has 1 aliphatic rings. The van der Waals surface area contributed by atoms with Gasteiger partial charge in [0.15, 0.2) is 6.29 Å². The van der Waals surface area contributed by atoms with Crippen LogP contribution < -0.4 is 10.3 Å². The molecule has 1 saturated heterocycles. The van der Waals surface area contributed by atoms with E-state index in [1.807, 2.05) is 0 Å². The first kappa shape index (κ1) is 14.6. The lowest BCUT2D eigenvalue weighted by molar-refractivity contribution is -0.0522. The van der Waals surface area contributed by atoms with Gasteiger partial charge in [-0.3, -0.25) is 4.79 Å². The zero-order valence-corrected chi connectivity index (χ0v) is 11.9. The van der Waals surface area contributed by atoms with Gasteiger partial charge in [0.1, 0.15) is 5.75 Å². The summed E-state index contributed by atoms with van der Waals surface area (Å²) in [7, 11) is 1.51. The third kappa shape index (κ3) is 2.56. The average Bonchev–Trinajstić information content (AvgIpc) is 3.02. The van der Waals surface area contributed by atoms with Gasteiger partial charge in [0.25, 0.3) is 5.56 Å². The molecule has 116 valence electrons. The number of methoxy groups -OCH3 is 1. The van der Waals surface area contributed by atoms with E-state index in [2.05, 4.69) is 0 Å². The number of carboxylic acids is 1. The number of carboxylic acid groups (broad SMARTS) is 1. The number of benzene rings is 1. The van der Waals surface area contributed by atoms with Gasteiger partial charge in [-0.2, -0.15) is 0 Å². The number of ether oxygens (including phenoxy) is 3. The van der Waals surface area contributed by atoms with Gasteiger partial charge < -0.3 is 23.9 Å². The van der Waals surface area contributed by atoms with Crippen LogP contribution in [-0.2, 0) is 16.0 Å². The van der Waals surface area contributed by atoms with E-state index in [0.717, 1.165) is 6.07 Å². The van der Waals surface area contributed by atoms with Gasteiger partial charge in [0.2, 0.25) is 0 Å². The molecule has 1 fully saturated rings. The van der Waals surface area contributed by atoms with Crippen LogP contribution in [0.15, 0.2) is 29.1 Å². The number of aromatic nitrogens is 1. The fourth-order valence-electron chi connectivity index (χ4n) is 2.51. The SMILES string of the molecule is COc1ccc2c(C(=O)O)cc(=O)n(CC3OCCO3)c2c1. The predicted octanol–water partition coefficient (Wildman–Crippen LogP) is 1.08. The average molecular weight is 305 g/mol. The summed E-state index contributed by atoms with van der Waals surface area (Å²) >= 11 is 0. The van der Waals surface area contributed by atoms with E-state index in [0.29, 0.717) is 29.9 Å². The Morgan fingerprint density at radius 2 is 2.09 bits per heavy atom. The maximum Gasteiger partial charge on any atom is 0.336 e. The highest BCUT2D eigenvalue weighted by molar-refractivity contribution is 6.02. The summed E-state index contributed by atoms with van der Waals surface area (Å²) < 4.78 is 17.3. The summed E-state index contributed by atoms with van der Waals surface area (Å²) in [6.45, 7) is 1.16. The zero-order valence-electron chi connectivity index (χ0n) is 11.9. The fourth-order valence-corrected chi connectivity index (χ4v) is 2.51. The molecule has 22 heavy (non-hydrogen) atoms. The fraction of sp³-hybridized carbons (Fsp3) is 0.333. The second-order valence-corrected chi connectivity index (χ2v) is 4.87. The number of hydrogen-bond donors (Lipinski definition) is 1.